The van der Waals surface area contributed by atoms with Gasteiger partial charge in [0.1, 0.15) is 5.01 Å². The third-order valence-corrected chi connectivity index (χ3v) is 7.61. The van der Waals surface area contributed by atoms with Crippen LogP contribution in [0, 0.1) is 0 Å². The number of para-hydroxylation sites is 1. The molecule has 0 aliphatic carbocycles. The molecule has 0 saturated heterocycles. The van der Waals surface area contributed by atoms with Crippen LogP contribution in [0.5, 0.6) is 0 Å². The van der Waals surface area contributed by atoms with Gasteiger partial charge in [-0.2, -0.15) is 0 Å². The molecule has 0 aliphatic rings. The van der Waals surface area contributed by atoms with Crippen molar-refractivity contribution in [2.24, 2.45) is 0 Å². The highest BCUT2D eigenvalue weighted by Gasteiger charge is 2.19. The van der Waals surface area contributed by atoms with Crippen molar-refractivity contribution in [1.82, 2.24) is 9.88 Å². The first-order valence-electron chi connectivity index (χ1n) is 9.88. The number of nitrogens with one attached hydrogen (secondary N) is 1. The third-order valence-electron chi connectivity index (χ3n) is 4.52. The molecule has 0 saturated carbocycles. The smallest absolute Gasteiger partial charge is 0.286 e. The Kier molecular flexibility index (Phi) is 7.04. The number of anilines is 1. The van der Waals surface area contributed by atoms with Crippen LogP contribution in [0.1, 0.15) is 4.88 Å². The molecular formula is C24H21N3O2S3. The lowest BCUT2D eigenvalue weighted by Crippen LogP contribution is -2.17. The van der Waals surface area contributed by atoms with Crippen LogP contribution in [-0.2, 0) is 11.2 Å². The van der Waals surface area contributed by atoms with Gasteiger partial charge in [0.15, 0.2) is 0 Å². The van der Waals surface area contributed by atoms with Crippen molar-refractivity contribution < 1.29 is 9.59 Å². The molecule has 2 aromatic carbocycles. The molecule has 1 N–H and O–H groups in total. The van der Waals surface area contributed by atoms with E-state index >= 15 is 0 Å². The van der Waals surface area contributed by atoms with Crippen molar-refractivity contribution in [3.63, 3.8) is 0 Å². The maximum atomic E-state index is 13.0. The summed E-state index contributed by atoms with van der Waals surface area (Å²) in [6.07, 6.45) is 0.207. The third kappa shape index (κ3) is 5.27. The van der Waals surface area contributed by atoms with Crippen LogP contribution in [0.2, 0.25) is 0 Å². The largest absolute Gasteiger partial charge is 0.339 e. The molecule has 2 aromatic heterocycles. The first-order valence-corrected chi connectivity index (χ1v) is 12.4. The summed E-state index contributed by atoms with van der Waals surface area (Å²) in [5.41, 5.74) is 2.51. The molecule has 0 fully saturated rings. The number of hydrogen-bond donors (Lipinski definition) is 1. The van der Waals surface area contributed by atoms with E-state index in [0.29, 0.717) is 10.6 Å². The van der Waals surface area contributed by atoms with E-state index in [1.807, 2.05) is 72.1 Å². The first kappa shape index (κ1) is 22.3. The number of aromatic nitrogens is 1. The van der Waals surface area contributed by atoms with E-state index in [1.54, 1.807) is 25.4 Å². The van der Waals surface area contributed by atoms with Crippen LogP contribution in [0.4, 0.5) is 10.5 Å². The quantitative estimate of drug-likeness (QED) is 0.321. The number of thioether (sulfide) groups is 1. The molecule has 0 unspecified atom stereocenters. The second kappa shape index (κ2) is 10.1. The van der Waals surface area contributed by atoms with Crippen molar-refractivity contribution in [3.8, 4) is 21.1 Å². The van der Waals surface area contributed by atoms with Gasteiger partial charge in [-0.3, -0.25) is 9.59 Å². The molecule has 0 spiro atoms. The van der Waals surface area contributed by atoms with Gasteiger partial charge in [0, 0.05) is 29.4 Å². The fraction of sp³-hybridized carbons (Fsp3) is 0.125. The van der Waals surface area contributed by atoms with E-state index in [4.69, 9.17) is 4.98 Å². The number of nitrogens with zero attached hydrogens (tertiary/aromatic N) is 2. The van der Waals surface area contributed by atoms with Gasteiger partial charge in [-0.15, -0.1) is 22.7 Å². The Balaban J connectivity index is 1.58. The van der Waals surface area contributed by atoms with Crippen LogP contribution < -0.4 is 5.32 Å². The molecule has 0 radical (unpaired) electrons. The average molecular weight is 480 g/mol. The van der Waals surface area contributed by atoms with Crippen molar-refractivity contribution in [1.29, 1.82) is 0 Å². The van der Waals surface area contributed by atoms with Crippen molar-refractivity contribution in [2.75, 3.05) is 19.4 Å². The van der Waals surface area contributed by atoms with E-state index < -0.39 is 0 Å². The summed E-state index contributed by atoms with van der Waals surface area (Å²) in [5, 5.41) is 5.78. The molecule has 8 heteroatoms. The van der Waals surface area contributed by atoms with Crippen LogP contribution in [0.15, 0.2) is 77.0 Å². The SMILES string of the molecule is CN(C)C(=O)Sc1ccccc1NC(=O)Cc1sc(-c2ccccc2)nc1-c1cccs1. The van der Waals surface area contributed by atoms with Gasteiger partial charge < -0.3 is 10.2 Å². The van der Waals surface area contributed by atoms with Gasteiger partial charge in [-0.25, -0.2) is 4.98 Å². The number of carbonyl (C=O) groups excluding carboxylic acids is 2. The number of thiophene rings is 1. The molecule has 0 aliphatic heterocycles. The second-order valence-corrected chi connectivity index (χ2v) is 10.1. The molecule has 2 amide bonds. The van der Waals surface area contributed by atoms with Gasteiger partial charge in [0.25, 0.3) is 5.24 Å². The predicted octanol–water partition coefficient (Wildman–Crippen LogP) is 6.49. The minimum Gasteiger partial charge on any atom is -0.339 e. The molecule has 32 heavy (non-hydrogen) atoms. The first-order chi connectivity index (χ1) is 15.5. The number of carbonyl (C=O) groups is 2. The van der Waals surface area contributed by atoms with E-state index in [9.17, 15) is 9.59 Å². The van der Waals surface area contributed by atoms with E-state index in [-0.39, 0.29) is 17.6 Å². The zero-order chi connectivity index (χ0) is 22.5. The fourth-order valence-corrected chi connectivity index (χ4v) is 5.60. The zero-order valence-corrected chi connectivity index (χ0v) is 20.0. The molecular weight excluding hydrogens is 458 g/mol. The Morgan fingerprint density at radius 2 is 1.75 bits per heavy atom. The van der Waals surface area contributed by atoms with Crippen LogP contribution in [-0.4, -0.2) is 35.1 Å². The van der Waals surface area contributed by atoms with Crippen molar-refractivity contribution in [2.45, 2.75) is 11.3 Å². The number of amides is 2. The van der Waals surface area contributed by atoms with Gasteiger partial charge in [0.2, 0.25) is 5.91 Å². The molecule has 162 valence electrons. The van der Waals surface area contributed by atoms with E-state index in [1.165, 1.54) is 16.2 Å². The van der Waals surface area contributed by atoms with E-state index in [2.05, 4.69) is 5.32 Å². The zero-order valence-electron chi connectivity index (χ0n) is 17.6. The average Bonchev–Trinajstić information content (AvgIpc) is 3.45. The van der Waals surface area contributed by atoms with Crippen molar-refractivity contribution >= 4 is 51.3 Å². The number of hydrogen-bond acceptors (Lipinski definition) is 6. The number of rotatable bonds is 6. The normalized spacial score (nSPS) is 10.7. The highest BCUT2D eigenvalue weighted by atomic mass is 32.2. The Labute approximate surface area is 199 Å². The minimum absolute atomic E-state index is 0.0957. The Bertz CT molecular complexity index is 1220. The molecule has 0 bridgehead atoms. The van der Waals surface area contributed by atoms with Gasteiger partial charge in [-0.05, 0) is 35.3 Å². The second-order valence-electron chi connectivity index (χ2n) is 7.12. The van der Waals surface area contributed by atoms with Crippen LogP contribution in [0.3, 0.4) is 0 Å². The number of benzene rings is 2. The van der Waals surface area contributed by atoms with Gasteiger partial charge in [-0.1, -0.05) is 48.5 Å². The van der Waals surface area contributed by atoms with Crippen LogP contribution >= 0.6 is 34.4 Å². The van der Waals surface area contributed by atoms with Crippen LogP contribution in [0.25, 0.3) is 21.1 Å². The summed E-state index contributed by atoms with van der Waals surface area (Å²) in [6, 6.07) is 21.3. The fourth-order valence-electron chi connectivity index (χ4n) is 2.97. The Morgan fingerprint density at radius 3 is 2.47 bits per heavy atom. The summed E-state index contributed by atoms with van der Waals surface area (Å²) in [5.74, 6) is -0.142. The summed E-state index contributed by atoms with van der Waals surface area (Å²) in [7, 11) is 3.41. The summed E-state index contributed by atoms with van der Waals surface area (Å²) >= 11 is 4.24. The molecule has 5 nitrogen and oxygen atoms in total. The maximum absolute atomic E-state index is 13.0. The highest BCUT2D eigenvalue weighted by molar-refractivity contribution is 8.13. The monoisotopic (exact) mass is 479 g/mol. The predicted molar refractivity (Wildman–Crippen MR) is 135 cm³/mol. The van der Waals surface area contributed by atoms with E-state index in [0.717, 1.165) is 37.8 Å². The lowest BCUT2D eigenvalue weighted by atomic mass is 10.2. The van der Waals surface area contributed by atoms with Gasteiger partial charge in [0.05, 0.1) is 22.7 Å². The molecule has 4 rings (SSSR count). The standard InChI is InChI=1S/C24H21N3O2S3/c1-27(2)24(29)32-18-12-7-6-11-17(18)25-21(28)15-20-22(19-13-8-14-30-19)26-23(31-20)16-9-4-3-5-10-16/h3-14H,15H2,1-2H3,(H,25,28). The highest BCUT2D eigenvalue weighted by Crippen LogP contribution is 2.36. The lowest BCUT2D eigenvalue weighted by Gasteiger charge is -2.13. The van der Waals surface area contributed by atoms with Crippen molar-refractivity contribution in [3.05, 3.63) is 77.0 Å². The van der Waals surface area contributed by atoms with Gasteiger partial charge >= 0.3 is 0 Å². The summed E-state index contributed by atoms with van der Waals surface area (Å²) < 4.78 is 0. The lowest BCUT2D eigenvalue weighted by molar-refractivity contribution is -0.115. The maximum Gasteiger partial charge on any atom is 0.286 e. The molecule has 0 atom stereocenters. The summed E-state index contributed by atoms with van der Waals surface area (Å²) in [6.45, 7) is 0. The Hall–Kier alpha value is -2.94. The number of thiazole rings is 1. The Morgan fingerprint density at radius 1 is 1.00 bits per heavy atom. The molecule has 4 aromatic rings. The minimum atomic E-state index is -0.142. The molecule has 2 heterocycles. The topological polar surface area (TPSA) is 62.3 Å². The summed E-state index contributed by atoms with van der Waals surface area (Å²) in [4.78, 5) is 34.2.